The van der Waals surface area contributed by atoms with Gasteiger partial charge in [-0.3, -0.25) is 37.3 Å². The highest BCUT2D eigenvalue weighted by Crippen LogP contribution is 2.45. The molecule has 3 N–H and O–H groups in total. The Kier molecular flexibility index (Phi) is 68.1. The zero-order valence-corrected chi connectivity index (χ0v) is 66.2. The number of rotatable bonds is 76. The third-order valence-electron chi connectivity index (χ3n) is 18.0. The SMILES string of the molecule is CCCCCC/C=C\C=C/CCCCCCCC(=O)O[C@H](COC(=O)CCCCCCCCCCCCCCCC(C)C)COP(=O)(O)OCC(O)COP(=O)(O)OC[C@@H](COC(=O)CCCCCCCCC(C)C)OC(=O)CCCCCCCCCCCCCCCCCCC(C)C. The van der Waals surface area contributed by atoms with Crippen LogP contribution >= 0.6 is 15.6 Å². The molecule has 0 amide bonds. The maximum atomic E-state index is 13.1. The van der Waals surface area contributed by atoms with Crippen molar-refractivity contribution in [1.82, 2.24) is 0 Å². The Labute approximate surface area is 605 Å². The quantitative estimate of drug-likeness (QED) is 0.0169. The molecular weight excluding hydrogens is 1290 g/mol. The van der Waals surface area contributed by atoms with E-state index in [1.54, 1.807) is 0 Å². The molecule has 0 aliphatic heterocycles. The van der Waals surface area contributed by atoms with Gasteiger partial charge in [0.1, 0.15) is 19.3 Å². The van der Waals surface area contributed by atoms with Crippen molar-refractivity contribution in [3.63, 3.8) is 0 Å². The molecule has 0 aromatic carbocycles. The van der Waals surface area contributed by atoms with Crippen molar-refractivity contribution < 1.29 is 80.2 Å². The maximum absolute atomic E-state index is 13.1. The van der Waals surface area contributed by atoms with Crippen LogP contribution in [0.5, 0.6) is 0 Å². The van der Waals surface area contributed by atoms with Gasteiger partial charge in [-0.1, -0.05) is 336 Å². The number of unbranched alkanes of at least 4 members (excludes halogenated alkanes) is 41. The number of allylic oxidation sites excluding steroid dienone is 4. The fourth-order valence-corrected chi connectivity index (χ4v) is 13.3. The summed E-state index contributed by atoms with van der Waals surface area (Å²) in [6, 6.07) is 0. The Morgan fingerprint density at radius 2 is 0.545 bits per heavy atom. The first-order valence-corrected chi connectivity index (χ1v) is 43.7. The van der Waals surface area contributed by atoms with Crippen LogP contribution in [0.1, 0.15) is 389 Å². The van der Waals surface area contributed by atoms with Crippen LogP contribution in [0.2, 0.25) is 0 Å². The van der Waals surface area contributed by atoms with Gasteiger partial charge in [0.05, 0.1) is 26.4 Å². The summed E-state index contributed by atoms with van der Waals surface area (Å²) in [5.41, 5.74) is 0. The second-order valence-corrected chi connectivity index (χ2v) is 32.5. The van der Waals surface area contributed by atoms with Crippen molar-refractivity contribution in [2.24, 2.45) is 17.8 Å². The van der Waals surface area contributed by atoms with Crippen molar-refractivity contribution in [1.29, 1.82) is 0 Å². The highest BCUT2D eigenvalue weighted by atomic mass is 31.2. The standard InChI is InChI=1S/C80H152O17P2/c1-8-9-10-11-12-13-14-15-18-24-30-35-40-49-56-63-79(84)96-75(67-90-77(82)61-54-47-39-34-29-26-21-23-28-33-38-45-52-59-72(4)5)69-94-98(86,87)92-65-74(81)66-93-99(88,89)95-70-76(68-91-78(83)62-55-48-43-42-46-53-60-73(6)7)97-80(85)64-57-50-41-36-31-25-20-17-16-19-22-27-32-37-44-51-58-71(2)3/h13-15,18,71-76,81H,8-12,16-17,19-70H2,1-7H3,(H,86,87)(H,88,89)/b14-13-,18-15-/t74?,75-,76-/m1/s1. The van der Waals surface area contributed by atoms with E-state index in [0.29, 0.717) is 31.6 Å². The Bertz CT molecular complexity index is 2020. The number of aliphatic hydroxyl groups excluding tert-OH is 1. The van der Waals surface area contributed by atoms with E-state index < -0.39 is 97.5 Å². The molecule has 17 nitrogen and oxygen atoms in total. The van der Waals surface area contributed by atoms with Gasteiger partial charge < -0.3 is 33.8 Å². The fraction of sp³-hybridized carbons (Fsp3) is 0.900. The van der Waals surface area contributed by atoms with Crippen LogP contribution in [0.15, 0.2) is 24.3 Å². The second-order valence-electron chi connectivity index (χ2n) is 29.5. The maximum Gasteiger partial charge on any atom is 0.472 e. The van der Waals surface area contributed by atoms with E-state index >= 15 is 0 Å². The minimum atomic E-state index is -4.97. The van der Waals surface area contributed by atoms with E-state index in [1.165, 1.54) is 180 Å². The van der Waals surface area contributed by atoms with E-state index in [1.807, 2.05) is 0 Å². The molecule has 19 heteroatoms. The first-order valence-electron chi connectivity index (χ1n) is 40.7. The molecule has 0 heterocycles. The Morgan fingerprint density at radius 3 is 0.818 bits per heavy atom. The lowest BCUT2D eigenvalue weighted by Gasteiger charge is -2.21. The van der Waals surface area contributed by atoms with E-state index in [9.17, 15) is 43.2 Å². The summed E-state index contributed by atoms with van der Waals surface area (Å²) in [5.74, 6) is 0.130. The zero-order chi connectivity index (χ0) is 73.0. The molecule has 0 aliphatic carbocycles. The molecule has 3 unspecified atom stereocenters. The first kappa shape index (κ1) is 96.5. The van der Waals surface area contributed by atoms with Crippen LogP contribution in [0.3, 0.4) is 0 Å². The minimum Gasteiger partial charge on any atom is -0.462 e. The number of ether oxygens (including phenoxy) is 4. The van der Waals surface area contributed by atoms with Gasteiger partial charge in [0.25, 0.3) is 0 Å². The summed E-state index contributed by atoms with van der Waals surface area (Å²) in [5, 5.41) is 10.6. The van der Waals surface area contributed by atoms with Crippen molar-refractivity contribution in [3.8, 4) is 0 Å². The lowest BCUT2D eigenvalue weighted by molar-refractivity contribution is -0.161. The number of esters is 4. The van der Waals surface area contributed by atoms with Gasteiger partial charge in [0, 0.05) is 25.7 Å². The minimum absolute atomic E-state index is 0.0849. The van der Waals surface area contributed by atoms with Crippen LogP contribution in [0, 0.1) is 17.8 Å². The van der Waals surface area contributed by atoms with Gasteiger partial charge in [0.15, 0.2) is 12.2 Å². The molecule has 5 atom stereocenters. The van der Waals surface area contributed by atoms with Crippen LogP contribution in [0.25, 0.3) is 0 Å². The van der Waals surface area contributed by atoms with Gasteiger partial charge in [-0.2, -0.15) is 0 Å². The number of phosphoric acid groups is 2. The monoisotopic (exact) mass is 1450 g/mol. The molecular formula is C80H152O17P2. The number of phosphoric ester groups is 2. The Morgan fingerprint density at radius 1 is 0.313 bits per heavy atom. The summed E-state index contributed by atoms with van der Waals surface area (Å²) >= 11 is 0. The zero-order valence-electron chi connectivity index (χ0n) is 64.4. The first-order chi connectivity index (χ1) is 47.7. The van der Waals surface area contributed by atoms with E-state index in [4.69, 9.17) is 37.0 Å². The largest absolute Gasteiger partial charge is 0.472 e. The van der Waals surface area contributed by atoms with E-state index in [0.717, 1.165) is 121 Å². The number of hydrogen-bond donors (Lipinski definition) is 3. The van der Waals surface area contributed by atoms with E-state index in [2.05, 4.69) is 72.8 Å². The lowest BCUT2D eigenvalue weighted by atomic mass is 10.0. The molecule has 0 rings (SSSR count). The second kappa shape index (κ2) is 69.9. The molecule has 0 saturated carbocycles. The normalized spacial score (nSPS) is 14.2. The molecule has 0 aromatic rings. The highest BCUT2D eigenvalue weighted by Gasteiger charge is 2.30. The Hall–Kier alpha value is -2.46. The summed E-state index contributed by atoms with van der Waals surface area (Å²) in [7, 11) is -9.93. The van der Waals surface area contributed by atoms with Crippen molar-refractivity contribution in [2.75, 3.05) is 39.6 Å². The van der Waals surface area contributed by atoms with Gasteiger partial charge in [-0.15, -0.1) is 0 Å². The van der Waals surface area contributed by atoms with Crippen LogP contribution in [0.4, 0.5) is 0 Å². The third kappa shape index (κ3) is 73.6. The molecule has 99 heavy (non-hydrogen) atoms. The molecule has 0 radical (unpaired) electrons. The predicted molar refractivity (Wildman–Crippen MR) is 404 cm³/mol. The molecule has 0 spiro atoms. The molecule has 0 bridgehead atoms. The molecule has 0 aromatic heterocycles. The van der Waals surface area contributed by atoms with Gasteiger partial charge in [-0.25, -0.2) is 9.13 Å². The lowest BCUT2D eigenvalue weighted by Crippen LogP contribution is -2.30. The van der Waals surface area contributed by atoms with Crippen molar-refractivity contribution in [2.45, 2.75) is 407 Å². The number of carbonyl (C=O) groups excluding carboxylic acids is 4. The van der Waals surface area contributed by atoms with Crippen molar-refractivity contribution in [3.05, 3.63) is 24.3 Å². The molecule has 0 saturated heterocycles. The number of aliphatic hydroxyl groups is 1. The van der Waals surface area contributed by atoms with E-state index in [-0.39, 0.29) is 25.7 Å². The molecule has 584 valence electrons. The Balaban J connectivity index is 5.24. The van der Waals surface area contributed by atoms with Gasteiger partial charge in [-0.05, 0) is 69.1 Å². The summed E-state index contributed by atoms with van der Waals surface area (Å²) in [6.45, 7) is 11.8. The topological polar surface area (TPSA) is 237 Å². The summed E-state index contributed by atoms with van der Waals surface area (Å²) < 4.78 is 68.6. The highest BCUT2D eigenvalue weighted by molar-refractivity contribution is 7.47. The van der Waals surface area contributed by atoms with Crippen molar-refractivity contribution >= 4 is 39.5 Å². The van der Waals surface area contributed by atoms with Gasteiger partial charge in [0.2, 0.25) is 0 Å². The van der Waals surface area contributed by atoms with Crippen LogP contribution in [-0.2, 0) is 65.4 Å². The number of carbonyl (C=O) groups is 4. The molecule has 0 fully saturated rings. The van der Waals surface area contributed by atoms with Crippen LogP contribution in [-0.4, -0.2) is 96.7 Å². The van der Waals surface area contributed by atoms with Crippen LogP contribution < -0.4 is 0 Å². The van der Waals surface area contributed by atoms with Gasteiger partial charge >= 0.3 is 39.5 Å². The molecule has 0 aliphatic rings. The summed E-state index contributed by atoms with van der Waals surface area (Å²) in [4.78, 5) is 72.9. The number of hydrogen-bond acceptors (Lipinski definition) is 15. The summed E-state index contributed by atoms with van der Waals surface area (Å²) in [6.07, 6.45) is 60.6. The average Bonchev–Trinajstić information content (AvgIpc) is 1.09. The fourth-order valence-electron chi connectivity index (χ4n) is 11.8. The predicted octanol–water partition coefficient (Wildman–Crippen LogP) is 23.3. The smallest absolute Gasteiger partial charge is 0.462 e. The third-order valence-corrected chi connectivity index (χ3v) is 19.9. The average molecular weight is 1450 g/mol.